The summed E-state index contributed by atoms with van der Waals surface area (Å²) in [6.07, 6.45) is 1.40. The molecule has 0 saturated heterocycles. The molecule has 1 heterocycles. The minimum absolute atomic E-state index is 0.161. The maximum atomic E-state index is 8.58. The maximum absolute atomic E-state index is 8.58. The number of nitrogens with zero attached hydrogens (tertiary/aromatic N) is 2. The molecule has 0 aromatic rings. The quantitative estimate of drug-likeness (QED) is 0.311. The van der Waals surface area contributed by atoms with E-state index < -0.39 is 0 Å². The SMILES string of the molecule is NC1=CC(N)=NN(O)N1. The molecular formula is C3H7N5O. The van der Waals surface area contributed by atoms with Gasteiger partial charge in [0, 0.05) is 6.08 Å². The van der Waals surface area contributed by atoms with E-state index in [-0.39, 0.29) is 11.7 Å². The predicted molar refractivity (Wildman–Crippen MR) is 30.7 cm³/mol. The molecular weight excluding hydrogens is 122 g/mol. The van der Waals surface area contributed by atoms with Gasteiger partial charge in [0.05, 0.1) is 0 Å². The van der Waals surface area contributed by atoms with Crippen LogP contribution in [-0.4, -0.2) is 16.3 Å². The molecule has 6 N–H and O–H groups in total. The first-order chi connectivity index (χ1) is 4.18. The molecule has 0 fully saturated rings. The van der Waals surface area contributed by atoms with Crippen LogP contribution in [-0.2, 0) is 0 Å². The highest BCUT2D eigenvalue weighted by Gasteiger charge is 2.03. The zero-order valence-corrected chi connectivity index (χ0v) is 4.57. The van der Waals surface area contributed by atoms with Crippen molar-refractivity contribution in [2.75, 3.05) is 0 Å². The Kier molecular flexibility index (Phi) is 1.16. The fourth-order valence-corrected chi connectivity index (χ4v) is 0.470. The molecule has 0 aliphatic carbocycles. The third kappa shape index (κ3) is 1.23. The molecule has 6 heteroatoms. The number of hydrazine groups is 1. The lowest BCUT2D eigenvalue weighted by atomic mass is 10.5. The van der Waals surface area contributed by atoms with Crippen LogP contribution in [0.4, 0.5) is 0 Å². The molecule has 0 radical (unpaired) electrons. The third-order valence-electron chi connectivity index (χ3n) is 0.743. The number of nitrogens with one attached hydrogen (secondary N) is 1. The van der Waals surface area contributed by atoms with Crippen molar-refractivity contribution in [2.24, 2.45) is 16.6 Å². The second-order valence-corrected chi connectivity index (χ2v) is 1.53. The van der Waals surface area contributed by atoms with E-state index in [1.54, 1.807) is 0 Å². The summed E-state index contributed by atoms with van der Waals surface area (Å²) in [5.41, 5.74) is 12.6. The van der Waals surface area contributed by atoms with Crippen LogP contribution >= 0.6 is 0 Å². The van der Waals surface area contributed by atoms with Crippen LogP contribution in [0.15, 0.2) is 17.0 Å². The van der Waals surface area contributed by atoms with Crippen molar-refractivity contribution < 1.29 is 5.21 Å². The van der Waals surface area contributed by atoms with Gasteiger partial charge >= 0.3 is 0 Å². The van der Waals surface area contributed by atoms with Gasteiger partial charge in [0.2, 0.25) is 0 Å². The Bertz CT molecular complexity index is 173. The number of rotatable bonds is 0. The smallest absolute Gasteiger partial charge is 0.151 e. The van der Waals surface area contributed by atoms with Crippen LogP contribution in [0, 0.1) is 0 Å². The van der Waals surface area contributed by atoms with E-state index in [0.717, 1.165) is 0 Å². The van der Waals surface area contributed by atoms with E-state index >= 15 is 0 Å². The molecule has 1 aliphatic rings. The fourth-order valence-electron chi connectivity index (χ4n) is 0.470. The molecule has 0 aromatic heterocycles. The lowest BCUT2D eigenvalue weighted by Crippen LogP contribution is -2.39. The molecule has 1 rings (SSSR count). The van der Waals surface area contributed by atoms with Crippen LogP contribution in [0.25, 0.3) is 0 Å². The normalized spacial score (nSPS) is 18.1. The van der Waals surface area contributed by atoms with Gasteiger partial charge < -0.3 is 11.5 Å². The van der Waals surface area contributed by atoms with E-state index in [9.17, 15) is 0 Å². The van der Waals surface area contributed by atoms with Crippen molar-refractivity contribution in [1.82, 2.24) is 10.7 Å². The summed E-state index contributed by atoms with van der Waals surface area (Å²) in [6, 6.07) is 0. The van der Waals surface area contributed by atoms with E-state index in [0.29, 0.717) is 5.28 Å². The van der Waals surface area contributed by atoms with Crippen molar-refractivity contribution in [3.05, 3.63) is 11.9 Å². The van der Waals surface area contributed by atoms with Crippen molar-refractivity contribution in [2.45, 2.75) is 0 Å². The first-order valence-corrected chi connectivity index (χ1v) is 2.25. The average Bonchev–Trinajstić information content (AvgIpc) is 1.59. The number of hydrogen-bond acceptors (Lipinski definition) is 6. The van der Waals surface area contributed by atoms with Crippen LogP contribution in [0.1, 0.15) is 0 Å². The molecule has 1 aliphatic heterocycles. The molecule has 0 unspecified atom stereocenters. The number of nitrogens with two attached hydrogens (primary N) is 2. The molecule has 9 heavy (non-hydrogen) atoms. The first-order valence-electron chi connectivity index (χ1n) is 2.25. The Balaban J connectivity index is 2.74. The maximum Gasteiger partial charge on any atom is 0.151 e. The Morgan fingerprint density at radius 2 is 2.33 bits per heavy atom. The topological polar surface area (TPSA) is 99.9 Å². The van der Waals surface area contributed by atoms with E-state index in [2.05, 4.69) is 10.5 Å². The largest absolute Gasteiger partial charge is 0.384 e. The van der Waals surface area contributed by atoms with Crippen molar-refractivity contribution >= 4 is 5.84 Å². The number of hydrazone groups is 1. The molecule has 0 spiro atoms. The summed E-state index contributed by atoms with van der Waals surface area (Å²) in [4.78, 5) is 0. The van der Waals surface area contributed by atoms with E-state index in [4.69, 9.17) is 16.7 Å². The van der Waals surface area contributed by atoms with Crippen LogP contribution < -0.4 is 16.9 Å². The van der Waals surface area contributed by atoms with Gasteiger partial charge in [-0.3, -0.25) is 5.21 Å². The standard InChI is InChI=1S/C3H7N5O/c4-2-1-3(5)7-8(9)6-2/h1,6,9H,4H2,(H2,5,7). The molecule has 0 amide bonds. The Morgan fingerprint density at radius 3 is 2.78 bits per heavy atom. The van der Waals surface area contributed by atoms with E-state index in [1.165, 1.54) is 6.08 Å². The van der Waals surface area contributed by atoms with Gasteiger partial charge in [0.1, 0.15) is 5.82 Å². The fraction of sp³-hybridized carbons (Fsp3) is 0. The summed E-state index contributed by atoms with van der Waals surface area (Å²) >= 11 is 0. The number of hydrogen-bond donors (Lipinski definition) is 4. The van der Waals surface area contributed by atoms with Gasteiger partial charge in [-0.25, -0.2) is 5.43 Å². The molecule has 0 aromatic carbocycles. The first kappa shape index (κ1) is 5.70. The average molecular weight is 129 g/mol. The highest BCUT2D eigenvalue weighted by Crippen LogP contribution is 1.89. The third-order valence-corrected chi connectivity index (χ3v) is 0.743. The monoisotopic (exact) mass is 129 g/mol. The zero-order valence-electron chi connectivity index (χ0n) is 4.57. The molecule has 0 atom stereocenters. The lowest BCUT2D eigenvalue weighted by molar-refractivity contribution is -0.128. The zero-order chi connectivity index (χ0) is 6.85. The van der Waals surface area contributed by atoms with Gasteiger partial charge in [0.25, 0.3) is 0 Å². The Morgan fingerprint density at radius 1 is 1.67 bits per heavy atom. The van der Waals surface area contributed by atoms with Gasteiger partial charge in [-0.05, 0) is 0 Å². The summed E-state index contributed by atoms with van der Waals surface area (Å²) in [5, 5.41) is 12.4. The summed E-state index contributed by atoms with van der Waals surface area (Å²) in [6.45, 7) is 0. The van der Waals surface area contributed by atoms with Crippen LogP contribution in [0.2, 0.25) is 0 Å². The van der Waals surface area contributed by atoms with Crippen molar-refractivity contribution in [1.29, 1.82) is 0 Å². The van der Waals surface area contributed by atoms with Gasteiger partial charge in [0.15, 0.2) is 5.84 Å². The highest BCUT2D eigenvalue weighted by atomic mass is 16.6. The molecule has 0 saturated carbocycles. The summed E-state index contributed by atoms with van der Waals surface area (Å²) < 4.78 is 0. The minimum atomic E-state index is 0.161. The summed E-state index contributed by atoms with van der Waals surface area (Å²) in [5.74, 6) is 0.416. The second-order valence-electron chi connectivity index (χ2n) is 1.53. The van der Waals surface area contributed by atoms with Gasteiger partial charge in [-0.15, -0.1) is 5.10 Å². The minimum Gasteiger partial charge on any atom is -0.384 e. The second kappa shape index (κ2) is 1.82. The number of amidine groups is 1. The highest BCUT2D eigenvalue weighted by molar-refractivity contribution is 5.91. The molecule has 0 bridgehead atoms. The lowest BCUT2D eigenvalue weighted by Gasteiger charge is -2.16. The molecule has 50 valence electrons. The van der Waals surface area contributed by atoms with Crippen LogP contribution in [0.5, 0.6) is 0 Å². The van der Waals surface area contributed by atoms with Gasteiger partial charge in [-0.2, -0.15) is 0 Å². The predicted octanol–water partition coefficient (Wildman–Crippen LogP) is -1.73. The van der Waals surface area contributed by atoms with Crippen molar-refractivity contribution in [3.63, 3.8) is 0 Å². The van der Waals surface area contributed by atoms with E-state index in [1.807, 2.05) is 0 Å². The van der Waals surface area contributed by atoms with Gasteiger partial charge in [-0.1, -0.05) is 5.28 Å². The molecule has 6 nitrogen and oxygen atoms in total. The Labute approximate surface area is 51.3 Å². The Hall–Kier alpha value is -1.43. The summed E-state index contributed by atoms with van der Waals surface area (Å²) in [7, 11) is 0. The van der Waals surface area contributed by atoms with Crippen LogP contribution in [0.3, 0.4) is 0 Å². The van der Waals surface area contributed by atoms with Crippen molar-refractivity contribution in [3.8, 4) is 0 Å².